The van der Waals surface area contributed by atoms with Crippen molar-refractivity contribution < 1.29 is 4.79 Å². The fourth-order valence-electron chi connectivity index (χ4n) is 2.01. The zero-order chi connectivity index (χ0) is 13.5. The average molecular weight is 249 g/mol. The van der Waals surface area contributed by atoms with E-state index in [1.54, 1.807) is 7.05 Å². The molecule has 0 heterocycles. The highest BCUT2D eigenvalue weighted by molar-refractivity contribution is 5.81. The van der Waals surface area contributed by atoms with Crippen molar-refractivity contribution >= 4 is 11.6 Å². The van der Waals surface area contributed by atoms with Gasteiger partial charge in [0.15, 0.2) is 0 Å². The lowest BCUT2D eigenvalue weighted by atomic mass is 10.1. The maximum atomic E-state index is 11.5. The quantitative estimate of drug-likeness (QED) is 0.801. The van der Waals surface area contributed by atoms with Gasteiger partial charge in [0.2, 0.25) is 5.91 Å². The summed E-state index contributed by atoms with van der Waals surface area (Å²) in [6, 6.07) is 6.16. The number of carbonyl (C=O) groups excluding carboxylic acids is 1. The Hall–Kier alpha value is -1.55. The average Bonchev–Trinajstić information content (AvgIpc) is 2.38. The van der Waals surface area contributed by atoms with E-state index in [-0.39, 0.29) is 5.91 Å². The van der Waals surface area contributed by atoms with Gasteiger partial charge in [-0.2, -0.15) is 0 Å². The van der Waals surface area contributed by atoms with E-state index in [9.17, 15) is 4.79 Å². The van der Waals surface area contributed by atoms with Crippen molar-refractivity contribution in [2.24, 2.45) is 5.73 Å². The molecule has 1 aromatic rings. The van der Waals surface area contributed by atoms with E-state index in [1.165, 1.54) is 0 Å². The highest BCUT2D eigenvalue weighted by Gasteiger charge is 2.12. The van der Waals surface area contributed by atoms with Crippen LogP contribution in [-0.2, 0) is 11.3 Å². The number of hydrogen-bond acceptors (Lipinski definition) is 3. The minimum Gasteiger partial charge on any atom is -0.362 e. The summed E-state index contributed by atoms with van der Waals surface area (Å²) in [5, 5.41) is 2.67. The molecule has 0 aliphatic heterocycles. The number of aryl methyl sites for hydroxylation is 1. The molecule has 0 atom stereocenters. The summed E-state index contributed by atoms with van der Waals surface area (Å²) in [6.07, 6.45) is 1.01. The lowest BCUT2D eigenvalue weighted by Gasteiger charge is -2.25. The number of nitrogens with two attached hydrogens (primary N) is 1. The van der Waals surface area contributed by atoms with Gasteiger partial charge in [-0.25, -0.2) is 0 Å². The highest BCUT2D eigenvalue weighted by atomic mass is 16.1. The third kappa shape index (κ3) is 3.74. The van der Waals surface area contributed by atoms with Crippen LogP contribution in [0, 0.1) is 6.92 Å². The molecule has 0 aliphatic carbocycles. The molecular formula is C14H23N3O. The highest BCUT2D eigenvalue weighted by Crippen LogP contribution is 2.21. The van der Waals surface area contributed by atoms with Crippen molar-refractivity contribution in [1.29, 1.82) is 0 Å². The number of likely N-dealkylation sites (N-methyl/N-ethyl adjacent to an activating group) is 1. The van der Waals surface area contributed by atoms with E-state index in [4.69, 9.17) is 5.73 Å². The second-order valence-corrected chi connectivity index (χ2v) is 4.42. The van der Waals surface area contributed by atoms with Gasteiger partial charge in [0, 0.05) is 25.8 Å². The van der Waals surface area contributed by atoms with Crippen molar-refractivity contribution in [2.45, 2.75) is 26.8 Å². The third-order valence-electron chi connectivity index (χ3n) is 2.94. The van der Waals surface area contributed by atoms with Crippen molar-refractivity contribution in [3.05, 3.63) is 29.3 Å². The Balaban J connectivity index is 2.94. The standard InChI is InChI=1S/C14H23N3O/c1-4-7-17(10-14(18)16-3)13-6-5-12(9-15)8-11(13)2/h5-6,8H,4,7,9-10,15H2,1-3H3,(H,16,18). The van der Waals surface area contributed by atoms with E-state index < -0.39 is 0 Å². The Morgan fingerprint density at radius 2 is 2.17 bits per heavy atom. The molecule has 0 saturated heterocycles. The van der Waals surface area contributed by atoms with E-state index in [1.807, 2.05) is 6.07 Å². The molecule has 1 aromatic carbocycles. The molecule has 0 fully saturated rings. The van der Waals surface area contributed by atoms with Crippen molar-refractivity contribution in [3.63, 3.8) is 0 Å². The maximum Gasteiger partial charge on any atom is 0.239 e. The number of benzene rings is 1. The first kappa shape index (κ1) is 14.5. The Morgan fingerprint density at radius 3 is 2.67 bits per heavy atom. The maximum absolute atomic E-state index is 11.5. The molecule has 1 rings (SSSR count). The SMILES string of the molecule is CCCN(CC(=O)NC)c1ccc(CN)cc1C. The minimum absolute atomic E-state index is 0.0331. The van der Waals surface area contributed by atoms with Crippen LogP contribution in [0.15, 0.2) is 18.2 Å². The van der Waals surface area contributed by atoms with Crippen LogP contribution in [0.3, 0.4) is 0 Å². The smallest absolute Gasteiger partial charge is 0.239 e. The number of amides is 1. The predicted octanol–water partition coefficient (Wildman–Crippen LogP) is 1.42. The van der Waals surface area contributed by atoms with Crippen LogP contribution >= 0.6 is 0 Å². The monoisotopic (exact) mass is 249 g/mol. The molecular weight excluding hydrogens is 226 g/mol. The fraction of sp³-hybridized carbons (Fsp3) is 0.500. The summed E-state index contributed by atoms with van der Waals surface area (Å²) >= 11 is 0. The first-order chi connectivity index (χ1) is 8.62. The molecule has 4 nitrogen and oxygen atoms in total. The number of rotatable bonds is 6. The van der Waals surface area contributed by atoms with Crippen LogP contribution in [0.25, 0.3) is 0 Å². The summed E-state index contributed by atoms with van der Waals surface area (Å²) in [5.74, 6) is 0.0331. The normalized spacial score (nSPS) is 10.2. The fourth-order valence-corrected chi connectivity index (χ4v) is 2.01. The summed E-state index contributed by atoms with van der Waals surface area (Å²) in [5.41, 5.74) is 9.02. The summed E-state index contributed by atoms with van der Waals surface area (Å²) in [7, 11) is 1.66. The van der Waals surface area contributed by atoms with Crippen LogP contribution in [-0.4, -0.2) is 26.0 Å². The Labute approximate surface area is 109 Å². The van der Waals surface area contributed by atoms with Gasteiger partial charge in [-0.05, 0) is 30.5 Å². The molecule has 1 amide bonds. The third-order valence-corrected chi connectivity index (χ3v) is 2.94. The van der Waals surface area contributed by atoms with Gasteiger partial charge in [0.25, 0.3) is 0 Å². The zero-order valence-electron chi connectivity index (χ0n) is 11.5. The van der Waals surface area contributed by atoms with Crippen molar-refractivity contribution in [1.82, 2.24) is 5.32 Å². The van der Waals surface area contributed by atoms with Crippen LogP contribution < -0.4 is 16.0 Å². The molecule has 18 heavy (non-hydrogen) atoms. The molecule has 0 saturated carbocycles. The van der Waals surface area contributed by atoms with Gasteiger partial charge in [-0.3, -0.25) is 4.79 Å². The van der Waals surface area contributed by atoms with Crippen LogP contribution in [0.2, 0.25) is 0 Å². The first-order valence-corrected chi connectivity index (χ1v) is 6.37. The summed E-state index contributed by atoms with van der Waals surface area (Å²) < 4.78 is 0. The van der Waals surface area contributed by atoms with Gasteiger partial charge in [0.1, 0.15) is 0 Å². The van der Waals surface area contributed by atoms with Gasteiger partial charge in [-0.15, -0.1) is 0 Å². The van der Waals surface area contributed by atoms with Gasteiger partial charge >= 0.3 is 0 Å². The van der Waals surface area contributed by atoms with Crippen LogP contribution in [0.5, 0.6) is 0 Å². The van der Waals surface area contributed by atoms with Gasteiger partial charge in [0.05, 0.1) is 6.54 Å². The molecule has 100 valence electrons. The van der Waals surface area contributed by atoms with Crippen molar-refractivity contribution in [3.8, 4) is 0 Å². The number of carbonyl (C=O) groups is 1. The lowest BCUT2D eigenvalue weighted by Crippen LogP contribution is -2.36. The number of nitrogens with zero attached hydrogens (tertiary/aromatic N) is 1. The lowest BCUT2D eigenvalue weighted by molar-refractivity contribution is -0.119. The minimum atomic E-state index is 0.0331. The molecule has 0 bridgehead atoms. The number of hydrogen-bond donors (Lipinski definition) is 2. The number of anilines is 1. The second kappa shape index (κ2) is 7.01. The Bertz CT molecular complexity index is 404. The van der Waals surface area contributed by atoms with E-state index >= 15 is 0 Å². The second-order valence-electron chi connectivity index (χ2n) is 4.42. The largest absolute Gasteiger partial charge is 0.362 e. The first-order valence-electron chi connectivity index (χ1n) is 6.37. The molecule has 4 heteroatoms. The zero-order valence-corrected chi connectivity index (χ0v) is 11.5. The molecule has 0 unspecified atom stereocenters. The Kier molecular flexibility index (Phi) is 5.65. The van der Waals surface area contributed by atoms with E-state index in [2.05, 4.69) is 36.2 Å². The molecule has 3 N–H and O–H groups in total. The molecule has 0 radical (unpaired) electrons. The molecule has 0 aromatic heterocycles. The predicted molar refractivity (Wildman–Crippen MR) is 75.6 cm³/mol. The van der Waals surface area contributed by atoms with Gasteiger partial charge < -0.3 is 16.0 Å². The van der Waals surface area contributed by atoms with Crippen LogP contribution in [0.1, 0.15) is 24.5 Å². The van der Waals surface area contributed by atoms with E-state index in [0.29, 0.717) is 13.1 Å². The topological polar surface area (TPSA) is 58.4 Å². The summed E-state index contributed by atoms with van der Waals surface area (Å²) in [6.45, 7) is 5.98. The van der Waals surface area contributed by atoms with Crippen LogP contribution in [0.4, 0.5) is 5.69 Å². The molecule has 0 spiro atoms. The Morgan fingerprint density at radius 1 is 1.44 bits per heavy atom. The molecule has 0 aliphatic rings. The van der Waals surface area contributed by atoms with Crippen molar-refractivity contribution in [2.75, 3.05) is 25.0 Å². The van der Waals surface area contributed by atoms with Gasteiger partial charge in [-0.1, -0.05) is 19.1 Å². The summed E-state index contributed by atoms with van der Waals surface area (Å²) in [4.78, 5) is 13.6. The number of nitrogens with one attached hydrogen (secondary N) is 1. The van der Waals surface area contributed by atoms with E-state index in [0.717, 1.165) is 29.8 Å².